The summed E-state index contributed by atoms with van der Waals surface area (Å²) in [5, 5.41) is 10.9. The third kappa shape index (κ3) is 2.46. The number of hydrogen-bond donors (Lipinski definition) is 3. The Morgan fingerprint density at radius 1 is 1.29 bits per heavy atom. The largest absolute Gasteiger partial charge is 0.399 e. The van der Waals surface area contributed by atoms with Crippen molar-refractivity contribution < 1.29 is 9.84 Å². The Balaban J connectivity index is 2.18. The average Bonchev–Trinajstić information content (AvgIpc) is 2.92. The van der Waals surface area contributed by atoms with Crippen molar-refractivity contribution in [1.82, 2.24) is 15.0 Å². The Bertz CT molecular complexity index is 752. The van der Waals surface area contributed by atoms with Gasteiger partial charge >= 0.3 is 0 Å². The summed E-state index contributed by atoms with van der Waals surface area (Å²) in [5.74, 6) is 0. The number of anilines is 1. The van der Waals surface area contributed by atoms with Gasteiger partial charge in [0.2, 0.25) is 0 Å². The van der Waals surface area contributed by atoms with Gasteiger partial charge in [0, 0.05) is 29.6 Å². The van der Waals surface area contributed by atoms with Gasteiger partial charge in [0.15, 0.2) is 6.29 Å². The number of ether oxygens (including phenoxy) is 1. The zero-order valence-electron chi connectivity index (χ0n) is 11.6. The van der Waals surface area contributed by atoms with Gasteiger partial charge in [0.05, 0.1) is 11.1 Å². The molecule has 0 amide bonds. The Hall–Kier alpha value is -2.44. The number of H-pyrrole nitrogens is 1. The molecular weight excluding hydrogens is 268 g/mol. The van der Waals surface area contributed by atoms with Crippen LogP contribution in [0.4, 0.5) is 5.69 Å². The minimum absolute atomic E-state index is 0.415. The number of fused-ring (bicyclic) bond motifs is 1. The summed E-state index contributed by atoms with van der Waals surface area (Å²) in [6.45, 7) is 2.24. The number of nitrogen functional groups attached to an aromatic ring is 1. The lowest BCUT2D eigenvalue weighted by molar-refractivity contribution is -0.0969. The SMILES string of the molecule is CCOC(O)c1c[nH]c2ncnc(-c3ccc(N)cc3)c12. The van der Waals surface area contributed by atoms with Crippen molar-refractivity contribution >= 4 is 16.7 Å². The summed E-state index contributed by atoms with van der Waals surface area (Å²) in [5.41, 5.74) is 9.32. The van der Waals surface area contributed by atoms with E-state index < -0.39 is 6.29 Å². The van der Waals surface area contributed by atoms with Gasteiger partial charge in [-0.3, -0.25) is 0 Å². The van der Waals surface area contributed by atoms with Crippen LogP contribution in [-0.4, -0.2) is 26.7 Å². The van der Waals surface area contributed by atoms with E-state index in [0.29, 0.717) is 23.5 Å². The Morgan fingerprint density at radius 2 is 2.05 bits per heavy atom. The predicted molar refractivity (Wildman–Crippen MR) is 80.3 cm³/mol. The van der Waals surface area contributed by atoms with E-state index in [1.54, 1.807) is 6.20 Å². The zero-order valence-corrected chi connectivity index (χ0v) is 11.6. The van der Waals surface area contributed by atoms with Crippen molar-refractivity contribution in [2.45, 2.75) is 13.2 Å². The maximum atomic E-state index is 10.1. The molecule has 0 bridgehead atoms. The quantitative estimate of drug-likeness (QED) is 0.504. The second-order valence-electron chi connectivity index (χ2n) is 4.62. The van der Waals surface area contributed by atoms with E-state index in [4.69, 9.17) is 10.5 Å². The molecule has 108 valence electrons. The van der Waals surface area contributed by atoms with Crippen LogP contribution in [0, 0.1) is 0 Å². The van der Waals surface area contributed by atoms with Crippen LogP contribution in [0.3, 0.4) is 0 Å². The lowest BCUT2D eigenvalue weighted by Crippen LogP contribution is -2.02. The molecule has 6 nitrogen and oxygen atoms in total. The van der Waals surface area contributed by atoms with Crippen molar-refractivity contribution in [3.8, 4) is 11.3 Å². The summed E-state index contributed by atoms with van der Waals surface area (Å²) in [7, 11) is 0. The van der Waals surface area contributed by atoms with Gasteiger partial charge in [0.1, 0.15) is 12.0 Å². The smallest absolute Gasteiger partial charge is 0.183 e. The molecule has 0 saturated carbocycles. The van der Waals surface area contributed by atoms with E-state index in [1.807, 2.05) is 31.2 Å². The molecule has 2 aromatic heterocycles. The van der Waals surface area contributed by atoms with Crippen LogP contribution < -0.4 is 5.73 Å². The van der Waals surface area contributed by atoms with Crippen LogP contribution in [0.1, 0.15) is 18.8 Å². The molecule has 4 N–H and O–H groups in total. The van der Waals surface area contributed by atoms with Crippen molar-refractivity contribution in [2.75, 3.05) is 12.3 Å². The lowest BCUT2D eigenvalue weighted by Gasteiger charge is -2.11. The van der Waals surface area contributed by atoms with E-state index in [0.717, 1.165) is 16.6 Å². The molecule has 6 heteroatoms. The molecule has 3 rings (SSSR count). The highest BCUT2D eigenvalue weighted by Gasteiger charge is 2.18. The molecule has 1 unspecified atom stereocenters. The summed E-state index contributed by atoms with van der Waals surface area (Å²) in [4.78, 5) is 11.6. The normalized spacial score (nSPS) is 12.7. The number of aliphatic hydroxyl groups excluding tert-OH is 1. The van der Waals surface area contributed by atoms with Gasteiger partial charge < -0.3 is 20.6 Å². The first-order valence-electron chi connectivity index (χ1n) is 6.68. The highest BCUT2D eigenvalue weighted by atomic mass is 16.6. The third-order valence-corrected chi connectivity index (χ3v) is 3.28. The molecule has 21 heavy (non-hydrogen) atoms. The Labute approximate surface area is 121 Å². The predicted octanol–water partition coefficient (Wildman–Crippen LogP) is 2.23. The maximum Gasteiger partial charge on any atom is 0.183 e. The fourth-order valence-electron chi connectivity index (χ4n) is 2.29. The summed E-state index contributed by atoms with van der Waals surface area (Å²) < 4.78 is 5.26. The maximum absolute atomic E-state index is 10.1. The summed E-state index contributed by atoms with van der Waals surface area (Å²) in [6.07, 6.45) is 2.17. The topological polar surface area (TPSA) is 97.0 Å². The number of benzene rings is 1. The standard InChI is InChI=1S/C15H16N4O2/c1-2-21-15(20)11-7-17-14-12(11)13(18-8-19-14)9-3-5-10(16)6-4-9/h3-8,15,20H,2,16H2,1H3,(H,17,18,19). The first-order chi connectivity index (χ1) is 10.2. The number of aromatic nitrogens is 3. The molecule has 0 spiro atoms. The van der Waals surface area contributed by atoms with E-state index in [2.05, 4.69) is 15.0 Å². The number of aromatic amines is 1. The van der Waals surface area contributed by atoms with E-state index in [9.17, 15) is 5.11 Å². The molecule has 1 aromatic carbocycles. The number of nitrogens with two attached hydrogens (primary N) is 1. The van der Waals surface area contributed by atoms with Gasteiger partial charge in [-0.05, 0) is 19.1 Å². The van der Waals surface area contributed by atoms with Crippen LogP contribution >= 0.6 is 0 Å². The van der Waals surface area contributed by atoms with Crippen molar-refractivity contribution in [3.63, 3.8) is 0 Å². The van der Waals surface area contributed by atoms with Gasteiger partial charge in [-0.15, -0.1) is 0 Å². The molecule has 0 radical (unpaired) electrons. The van der Waals surface area contributed by atoms with Crippen LogP contribution in [0.2, 0.25) is 0 Å². The van der Waals surface area contributed by atoms with Gasteiger partial charge in [0.25, 0.3) is 0 Å². The molecule has 2 heterocycles. The monoisotopic (exact) mass is 284 g/mol. The number of aliphatic hydroxyl groups is 1. The minimum Gasteiger partial charge on any atom is -0.399 e. The molecular formula is C15H16N4O2. The molecule has 0 aliphatic rings. The second kappa shape index (κ2) is 5.51. The summed E-state index contributed by atoms with van der Waals surface area (Å²) in [6, 6.07) is 7.41. The number of nitrogens with one attached hydrogen (secondary N) is 1. The second-order valence-corrected chi connectivity index (χ2v) is 4.62. The van der Waals surface area contributed by atoms with Crippen LogP contribution in [0.15, 0.2) is 36.8 Å². The Morgan fingerprint density at radius 3 is 2.76 bits per heavy atom. The number of rotatable bonds is 4. The molecule has 0 aliphatic heterocycles. The lowest BCUT2D eigenvalue weighted by atomic mass is 10.1. The van der Waals surface area contributed by atoms with Crippen LogP contribution in [0.25, 0.3) is 22.3 Å². The highest BCUT2D eigenvalue weighted by Crippen LogP contribution is 2.31. The average molecular weight is 284 g/mol. The van der Waals surface area contributed by atoms with Gasteiger partial charge in [-0.25, -0.2) is 9.97 Å². The van der Waals surface area contributed by atoms with Gasteiger partial charge in [-0.1, -0.05) is 12.1 Å². The summed E-state index contributed by atoms with van der Waals surface area (Å²) >= 11 is 0. The molecule has 0 aliphatic carbocycles. The van der Waals surface area contributed by atoms with Crippen molar-refractivity contribution in [2.24, 2.45) is 0 Å². The molecule has 0 saturated heterocycles. The van der Waals surface area contributed by atoms with Gasteiger partial charge in [-0.2, -0.15) is 0 Å². The Kier molecular flexibility index (Phi) is 3.55. The van der Waals surface area contributed by atoms with E-state index in [-0.39, 0.29) is 0 Å². The fraction of sp³-hybridized carbons (Fsp3) is 0.200. The zero-order chi connectivity index (χ0) is 14.8. The van der Waals surface area contributed by atoms with Crippen LogP contribution in [-0.2, 0) is 4.74 Å². The van der Waals surface area contributed by atoms with Crippen molar-refractivity contribution in [3.05, 3.63) is 42.4 Å². The first kappa shape index (κ1) is 13.5. The first-order valence-corrected chi connectivity index (χ1v) is 6.68. The van der Waals surface area contributed by atoms with Crippen LogP contribution in [0.5, 0.6) is 0 Å². The highest BCUT2D eigenvalue weighted by molar-refractivity contribution is 5.93. The molecule has 3 aromatic rings. The third-order valence-electron chi connectivity index (χ3n) is 3.28. The number of hydrogen-bond acceptors (Lipinski definition) is 5. The minimum atomic E-state index is -1.01. The molecule has 0 fully saturated rings. The van der Waals surface area contributed by atoms with E-state index >= 15 is 0 Å². The van der Waals surface area contributed by atoms with Crippen molar-refractivity contribution in [1.29, 1.82) is 0 Å². The number of nitrogens with zero attached hydrogens (tertiary/aromatic N) is 2. The fourth-order valence-corrected chi connectivity index (χ4v) is 2.29. The molecule has 1 atom stereocenters. The van der Waals surface area contributed by atoms with E-state index in [1.165, 1.54) is 6.33 Å².